The molecule has 0 aromatic heterocycles. The van der Waals surface area contributed by atoms with Crippen LogP contribution in [0.2, 0.25) is 0 Å². The zero-order valence-electron chi connectivity index (χ0n) is 14.9. The highest BCUT2D eigenvalue weighted by Crippen LogP contribution is 2.29. The number of ether oxygens (including phenoxy) is 2. The SMILES string of the molecule is CN=C(NCc1cccc(C(N)=O)c1)Nc1ccc(OC)c(OC)c1.I. The molecule has 8 heteroatoms. The van der Waals surface area contributed by atoms with Crippen LogP contribution in [-0.2, 0) is 6.54 Å². The number of nitrogens with two attached hydrogens (primary N) is 1. The largest absolute Gasteiger partial charge is 0.493 e. The predicted molar refractivity (Wildman–Crippen MR) is 114 cm³/mol. The Hall–Kier alpha value is -2.49. The number of halogens is 1. The van der Waals surface area contributed by atoms with Crippen LogP contribution >= 0.6 is 24.0 Å². The summed E-state index contributed by atoms with van der Waals surface area (Å²) in [5.74, 6) is 1.41. The second kappa shape index (κ2) is 10.5. The number of nitrogens with zero attached hydrogens (tertiary/aromatic N) is 1. The summed E-state index contributed by atoms with van der Waals surface area (Å²) >= 11 is 0. The molecule has 0 bridgehead atoms. The molecule has 2 aromatic rings. The minimum atomic E-state index is -0.449. The molecular weight excluding hydrogens is 447 g/mol. The molecule has 0 aliphatic heterocycles. The number of hydrogen-bond acceptors (Lipinski definition) is 4. The van der Waals surface area contributed by atoms with Crippen LogP contribution in [-0.4, -0.2) is 33.1 Å². The number of nitrogens with one attached hydrogen (secondary N) is 2. The predicted octanol–water partition coefficient (Wildman–Crippen LogP) is 2.61. The maximum atomic E-state index is 11.2. The topological polar surface area (TPSA) is 98.0 Å². The number of amides is 1. The first kappa shape index (κ1) is 21.6. The zero-order valence-corrected chi connectivity index (χ0v) is 17.2. The fraction of sp³-hybridized carbons (Fsp3) is 0.222. The molecule has 0 atom stereocenters. The lowest BCUT2D eigenvalue weighted by atomic mass is 10.1. The van der Waals surface area contributed by atoms with E-state index in [-0.39, 0.29) is 24.0 Å². The van der Waals surface area contributed by atoms with Gasteiger partial charge in [0.05, 0.1) is 14.2 Å². The highest BCUT2D eigenvalue weighted by molar-refractivity contribution is 14.0. The molecule has 0 saturated carbocycles. The van der Waals surface area contributed by atoms with Crippen molar-refractivity contribution in [1.82, 2.24) is 5.32 Å². The summed E-state index contributed by atoms with van der Waals surface area (Å²) < 4.78 is 10.5. The standard InChI is InChI=1S/C18H22N4O3.HI/c1-20-18(21-11-12-5-4-6-13(9-12)17(19)23)22-14-7-8-15(24-2)16(10-14)25-3;/h4-10H,11H2,1-3H3,(H2,19,23)(H2,20,21,22);1H. The van der Waals surface area contributed by atoms with Crippen molar-refractivity contribution >= 4 is 41.5 Å². The minimum absolute atomic E-state index is 0. The average Bonchev–Trinajstić information content (AvgIpc) is 2.65. The maximum absolute atomic E-state index is 11.2. The molecule has 2 rings (SSSR count). The van der Waals surface area contributed by atoms with Crippen molar-refractivity contribution in [3.8, 4) is 11.5 Å². The van der Waals surface area contributed by atoms with Crippen molar-refractivity contribution in [2.24, 2.45) is 10.7 Å². The fourth-order valence-electron chi connectivity index (χ4n) is 2.25. The molecule has 0 aliphatic carbocycles. The van der Waals surface area contributed by atoms with Crippen LogP contribution in [0.25, 0.3) is 0 Å². The first-order valence-corrected chi connectivity index (χ1v) is 7.65. The molecule has 0 heterocycles. The van der Waals surface area contributed by atoms with Crippen molar-refractivity contribution in [2.45, 2.75) is 6.54 Å². The van der Waals surface area contributed by atoms with Gasteiger partial charge < -0.3 is 25.8 Å². The Balaban J connectivity index is 0.00000338. The van der Waals surface area contributed by atoms with Gasteiger partial charge in [-0.2, -0.15) is 0 Å². The summed E-state index contributed by atoms with van der Waals surface area (Å²) in [6, 6.07) is 12.6. The third kappa shape index (κ3) is 5.80. The van der Waals surface area contributed by atoms with Gasteiger partial charge in [-0.25, -0.2) is 0 Å². The fourth-order valence-corrected chi connectivity index (χ4v) is 2.25. The van der Waals surface area contributed by atoms with E-state index in [1.54, 1.807) is 39.5 Å². The Morgan fingerprint density at radius 2 is 1.85 bits per heavy atom. The van der Waals surface area contributed by atoms with Gasteiger partial charge in [-0.1, -0.05) is 12.1 Å². The lowest BCUT2D eigenvalue weighted by molar-refractivity contribution is 0.1000. The van der Waals surface area contributed by atoms with Gasteiger partial charge in [-0.15, -0.1) is 24.0 Å². The molecule has 1 amide bonds. The Morgan fingerprint density at radius 3 is 2.46 bits per heavy atom. The number of benzene rings is 2. The molecule has 0 fully saturated rings. The van der Waals surface area contributed by atoms with Gasteiger partial charge in [0, 0.05) is 30.9 Å². The van der Waals surface area contributed by atoms with Crippen LogP contribution < -0.4 is 25.8 Å². The van der Waals surface area contributed by atoms with Crippen LogP contribution in [0.1, 0.15) is 15.9 Å². The van der Waals surface area contributed by atoms with Gasteiger partial charge >= 0.3 is 0 Å². The highest BCUT2D eigenvalue weighted by Gasteiger charge is 2.07. The van der Waals surface area contributed by atoms with Crippen LogP contribution in [0.4, 0.5) is 5.69 Å². The lowest BCUT2D eigenvalue weighted by Crippen LogP contribution is -2.30. The number of hydrogen-bond donors (Lipinski definition) is 3. The number of primary amides is 1. The molecule has 0 aliphatic rings. The molecule has 2 aromatic carbocycles. The maximum Gasteiger partial charge on any atom is 0.248 e. The van der Waals surface area contributed by atoms with Crippen LogP contribution in [0, 0.1) is 0 Å². The number of methoxy groups -OCH3 is 2. The van der Waals surface area contributed by atoms with E-state index in [0.29, 0.717) is 29.6 Å². The normalized spacial score (nSPS) is 10.5. The Bertz CT molecular complexity index is 781. The Kier molecular flexibility index (Phi) is 8.70. The van der Waals surface area contributed by atoms with E-state index >= 15 is 0 Å². The number of rotatable bonds is 6. The van der Waals surface area contributed by atoms with E-state index in [4.69, 9.17) is 15.2 Å². The quantitative estimate of drug-likeness (QED) is 0.343. The summed E-state index contributed by atoms with van der Waals surface area (Å²) in [5.41, 5.74) is 7.50. The van der Waals surface area contributed by atoms with E-state index in [2.05, 4.69) is 15.6 Å². The Morgan fingerprint density at radius 1 is 1.12 bits per heavy atom. The zero-order chi connectivity index (χ0) is 18.2. The first-order chi connectivity index (χ1) is 12.1. The molecular formula is C18H23IN4O3. The van der Waals surface area contributed by atoms with Gasteiger partial charge in [0.2, 0.25) is 5.91 Å². The summed E-state index contributed by atoms with van der Waals surface area (Å²) in [5, 5.41) is 6.36. The minimum Gasteiger partial charge on any atom is -0.493 e. The van der Waals surface area contributed by atoms with E-state index in [9.17, 15) is 4.79 Å². The third-order valence-corrected chi connectivity index (χ3v) is 3.54. The second-order valence-corrected chi connectivity index (χ2v) is 5.19. The summed E-state index contributed by atoms with van der Waals surface area (Å²) in [6.45, 7) is 0.494. The summed E-state index contributed by atoms with van der Waals surface area (Å²) in [4.78, 5) is 15.4. The molecule has 26 heavy (non-hydrogen) atoms. The molecule has 4 N–H and O–H groups in total. The van der Waals surface area contributed by atoms with Gasteiger partial charge in [0.1, 0.15) is 0 Å². The van der Waals surface area contributed by atoms with Crippen molar-refractivity contribution in [2.75, 3.05) is 26.6 Å². The second-order valence-electron chi connectivity index (χ2n) is 5.19. The van der Waals surface area contributed by atoms with E-state index < -0.39 is 5.91 Å². The molecule has 0 saturated heterocycles. The van der Waals surface area contributed by atoms with Crippen LogP contribution in [0.3, 0.4) is 0 Å². The van der Waals surface area contributed by atoms with Gasteiger partial charge in [0.15, 0.2) is 17.5 Å². The number of carbonyl (C=O) groups is 1. The third-order valence-electron chi connectivity index (χ3n) is 3.54. The van der Waals surface area contributed by atoms with Crippen molar-refractivity contribution in [3.05, 3.63) is 53.6 Å². The van der Waals surface area contributed by atoms with Crippen LogP contribution in [0.15, 0.2) is 47.5 Å². The molecule has 0 unspecified atom stereocenters. The first-order valence-electron chi connectivity index (χ1n) is 7.65. The number of aliphatic imine (C=N–C) groups is 1. The van der Waals surface area contributed by atoms with E-state index in [1.165, 1.54) is 0 Å². The van der Waals surface area contributed by atoms with Gasteiger partial charge in [-0.3, -0.25) is 9.79 Å². The molecule has 0 spiro atoms. The summed E-state index contributed by atoms with van der Waals surface area (Å²) in [6.07, 6.45) is 0. The van der Waals surface area contributed by atoms with Crippen molar-refractivity contribution in [3.63, 3.8) is 0 Å². The van der Waals surface area contributed by atoms with Gasteiger partial charge in [-0.05, 0) is 29.8 Å². The van der Waals surface area contributed by atoms with Crippen LogP contribution in [0.5, 0.6) is 11.5 Å². The molecule has 140 valence electrons. The number of carbonyl (C=O) groups excluding carboxylic acids is 1. The molecule has 7 nitrogen and oxygen atoms in total. The molecule has 0 radical (unpaired) electrons. The summed E-state index contributed by atoms with van der Waals surface area (Å²) in [7, 11) is 4.85. The smallest absolute Gasteiger partial charge is 0.248 e. The Labute approximate surface area is 170 Å². The number of anilines is 1. The van der Waals surface area contributed by atoms with E-state index in [1.807, 2.05) is 24.3 Å². The van der Waals surface area contributed by atoms with Crippen molar-refractivity contribution < 1.29 is 14.3 Å². The van der Waals surface area contributed by atoms with Crippen molar-refractivity contribution in [1.29, 1.82) is 0 Å². The lowest BCUT2D eigenvalue weighted by Gasteiger charge is -2.14. The monoisotopic (exact) mass is 470 g/mol. The highest BCUT2D eigenvalue weighted by atomic mass is 127. The van der Waals surface area contributed by atoms with E-state index in [0.717, 1.165) is 11.3 Å². The average molecular weight is 470 g/mol. The van der Waals surface area contributed by atoms with Gasteiger partial charge in [0.25, 0.3) is 0 Å². The number of guanidine groups is 1.